The van der Waals surface area contributed by atoms with Gasteiger partial charge in [0.05, 0.1) is 10.5 Å². The van der Waals surface area contributed by atoms with Gasteiger partial charge in [-0.3, -0.25) is 4.79 Å². The number of carbonyl (C=O) groups is 2. The van der Waals surface area contributed by atoms with E-state index < -0.39 is 12.1 Å². The van der Waals surface area contributed by atoms with Crippen LogP contribution in [0.3, 0.4) is 0 Å². The van der Waals surface area contributed by atoms with Crippen LogP contribution < -0.4 is 5.32 Å². The lowest BCUT2D eigenvalue weighted by Gasteiger charge is -2.24. The fourth-order valence-electron chi connectivity index (χ4n) is 4.02. The maximum atomic E-state index is 12.2. The van der Waals surface area contributed by atoms with E-state index in [-0.39, 0.29) is 19.2 Å². The van der Waals surface area contributed by atoms with Crippen LogP contribution in [0.15, 0.2) is 48.5 Å². The summed E-state index contributed by atoms with van der Waals surface area (Å²) in [4.78, 5) is 23.6. The number of amides is 1. The molecular weight excluding hydrogens is 392 g/mol. The van der Waals surface area contributed by atoms with Gasteiger partial charge in [-0.2, -0.15) is 0 Å². The van der Waals surface area contributed by atoms with Crippen LogP contribution in [0.2, 0.25) is 5.02 Å². The number of benzene rings is 2. The molecule has 1 aromatic heterocycles. The Hall–Kier alpha value is -2.99. The van der Waals surface area contributed by atoms with Crippen LogP contribution in [0.4, 0.5) is 4.79 Å². The van der Waals surface area contributed by atoms with E-state index in [0.717, 1.165) is 27.7 Å². The highest BCUT2D eigenvalue weighted by molar-refractivity contribution is 6.35. The van der Waals surface area contributed by atoms with Crippen LogP contribution in [0.25, 0.3) is 10.9 Å². The van der Waals surface area contributed by atoms with Gasteiger partial charge in [-0.1, -0.05) is 54.1 Å². The molecule has 1 aliphatic rings. The number of rotatable bonds is 5. The molecule has 0 saturated carbocycles. The molecule has 150 valence electrons. The van der Waals surface area contributed by atoms with E-state index in [0.29, 0.717) is 24.3 Å². The van der Waals surface area contributed by atoms with Gasteiger partial charge >= 0.3 is 12.1 Å². The Morgan fingerprint density at radius 3 is 2.72 bits per heavy atom. The lowest BCUT2D eigenvalue weighted by molar-refractivity contribution is -0.137. The molecule has 0 unspecified atom stereocenters. The fourth-order valence-corrected chi connectivity index (χ4v) is 4.30. The third-order valence-electron chi connectivity index (χ3n) is 5.26. The summed E-state index contributed by atoms with van der Waals surface area (Å²) in [5, 5.41) is 13.7. The second-order valence-electron chi connectivity index (χ2n) is 7.19. The standard InChI is InChI=1S/C22H21ClN2O4/c23-18-8-4-7-16-17-11-15(9-10-19(17)25(21(16)18)12-20(26)27)24-22(28)29-13-14-5-2-1-3-6-14/h1-8,15H,9-13H2,(H,24,28)(H,26,27)/t15-/m1/s1. The largest absolute Gasteiger partial charge is 0.480 e. The van der Waals surface area contributed by atoms with Gasteiger partial charge in [0.15, 0.2) is 0 Å². The van der Waals surface area contributed by atoms with Crippen molar-refractivity contribution >= 4 is 34.6 Å². The number of nitrogens with one attached hydrogen (secondary N) is 1. The molecular formula is C22H21ClN2O4. The van der Waals surface area contributed by atoms with Crippen molar-refractivity contribution in [2.75, 3.05) is 0 Å². The molecule has 2 aromatic carbocycles. The van der Waals surface area contributed by atoms with Gasteiger partial charge in [0.1, 0.15) is 13.2 Å². The van der Waals surface area contributed by atoms with E-state index in [1.165, 1.54) is 0 Å². The number of aromatic nitrogens is 1. The van der Waals surface area contributed by atoms with Crippen LogP contribution in [0.5, 0.6) is 0 Å². The summed E-state index contributed by atoms with van der Waals surface area (Å²) < 4.78 is 7.12. The molecule has 0 spiro atoms. The topological polar surface area (TPSA) is 80.6 Å². The molecule has 1 amide bonds. The molecule has 6 nitrogen and oxygen atoms in total. The molecule has 0 bridgehead atoms. The van der Waals surface area contributed by atoms with Gasteiger partial charge in [0.2, 0.25) is 0 Å². The quantitative estimate of drug-likeness (QED) is 0.659. The highest BCUT2D eigenvalue weighted by Crippen LogP contribution is 2.35. The molecule has 2 N–H and O–H groups in total. The number of hydrogen-bond donors (Lipinski definition) is 2. The lowest BCUT2D eigenvalue weighted by Crippen LogP contribution is -2.39. The number of carboxylic acid groups (broad SMARTS) is 1. The second-order valence-corrected chi connectivity index (χ2v) is 7.59. The first-order valence-corrected chi connectivity index (χ1v) is 9.88. The van der Waals surface area contributed by atoms with Crippen molar-refractivity contribution in [2.45, 2.75) is 38.5 Å². The first-order chi connectivity index (χ1) is 14.0. The molecule has 1 heterocycles. The molecule has 4 rings (SSSR count). The summed E-state index contributed by atoms with van der Waals surface area (Å²) in [5.41, 5.74) is 3.70. The number of ether oxygens (including phenoxy) is 1. The van der Waals surface area contributed by atoms with Crippen molar-refractivity contribution in [1.29, 1.82) is 0 Å². The summed E-state index contributed by atoms with van der Waals surface area (Å²) in [5.74, 6) is -0.908. The van der Waals surface area contributed by atoms with Crippen molar-refractivity contribution in [3.05, 3.63) is 70.4 Å². The number of aliphatic carboxylic acids is 1. The van der Waals surface area contributed by atoms with Gasteiger partial charge in [0.25, 0.3) is 0 Å². The average molecular weight is 413 g/mol. The van der Waals surface area contributed by atoms with Crippen LogP contribution in [-0.4, -0.2) is 27.8 Å². The van der Waals surface area contributed by atoms with Crippen molar-refractivity contribution in [2.24, 2.45) is 0 Å². The minimum Gasteiger partial charge on any atom is -0.480 e. The number of halogens is 1. The first-order valence-electron chi connectivity index (χ1n) is 9.50. The molecule has 7 heteroatoms. The Bertz CT molecular complexity index is 1060. The van der Waals surface area contributed by atoms with E-state index in [9.17, 15) is 14.7 Å². The van der Waals surface area contributed by atoms with Gasteiger partial charge in [-0.25, -0.2) is 4.79 Å². The normalized spacial score (nSPS) is 15.7. The molecule has 0 fully saturated rings. The molecule has 0 aliphatic heterocycles. The molecule has 1 atom stereocenters. The van der Waals surface area contributed by atoms with E-state index in [2.05, 4.69) is 5.32 Å². The molecule has 0 saturated heterocycles. The maximum absolute atomic E-state index is 12.2. The Kier molecular flexibility index (Phi) is 5.45. The SMILES string of the molecule is O=C(O)Cn1c2c(c3cccc(Cl)c31)C[C@H](NC(=O)OCc1ccccc1)CC2. The van der Waals surface area contributed by atoms with Crippen molar-refractivity contribution < 1.29 is 19.4 Å². The Morgan fingerprint density at radius 2 is 1.97 bits per heavy atom. The Balaban J connectivity index is 1.51. The van der Waals surface area contributed by atoms with Crippen LogP contribution in [0.1, 0.15) is 23.2 Å². The zero-order chi connectivity index (χ0) is 20.4. The number of para-hydroxylation sites is 1. The van der Waals surface area contributed by atoms with Gasteiger partial charge in [-0.15, -0.1) is 0 Å². The summed E-state index contributed by atoms with van der Waals surface area (Å²) in [6, 6.07) is 15.0. The highest BCUT2D eigenvalue weighted by atomic mass is 35.5. The fraction of sp³-hybridized carbons (Fsp3) is 0.273. The van der Waals surface area contributed by atoms with Crippen LogP contribution >= 0.6 is 11.6 Å². The van der Waals surface area contributed by atoms with Crippen molar-refractivity contribution in [3.63, 3.8) is 0 Å². The number of carbonyl (C=O) groups excluding carboxylic acids is 1. The number of alkyl carbamates (subject to hydrolysis) is 1. The van der Waals surface area contributed by atoms with E-state index in [1.54, 1.807) is 10.6 Å². The lowest BCUT2D eigenvalue weighted by atomic mass is 9.91. The predicted octanol–water partition coefficient (Wildman–Crippen LogP) is 4.16. The molecule has 29 heavy (non-hydrogen) atoms. The zero-order valence-corrected chi connectivity index (χ0v) is 16.5. The number of nitrogens with zero attached hydrogens (tertiary/aromatic N) is 1. The van der Waals surface area contributed by atoms with E-state index >= 15 is 0 Å². The second kappa shape index (κ2) is 8.17. The zero-order valence-electron chi connectivity index (χ0n) is 15.7. The third-order valence-corrected chi connectivity index (χ3v) is 5.57. The Morgan fingerprint density at radius 1 is 1.17 bits per heavy atom. The van der Waals surface area contributed by atoms with Gasteiger partial charge in [0, 0.05) is 17.1 Å². The maximum Gasteiger partial charge on any atom is 0.407 e. The minimum atomic E-state index is -0.908. The molecule has 1 aliphatic carbocycles. The summed E-state index contributed by atoms with van der Waals surface area (Å²) >= 11 is 6.38. The average Bonchev–Trinajstić information content (AvgIpc) is 3.01. The van der Waals surface area contributed by atoms with Crippen LogP contribution in [-0.2, 0) is 35.5 Å². The molecule has 0 radical (unpaired) electrons. The van der Waals surface area contributed by atoms with Gasteiger partial charge < -0.3 is 19.7 Å². The number of fused-ring (bicyclic) bond motifs is 3. The summed E-state index contributed by atoms with van der Waals surface area (Å²) in [7, 11) is 0. The first kappa shape index (κ1) is 19.3. The monoisotopic (exact) mass is 412 g/mol. The number of hydrogen-bond acceptors (Lipinski definition) is 3. The van der Waals surface area contributed by atoms with Crippen molar-refractivity contribution in [1.82, 2.24) is 9.88 Å². The predicted molar refractivity (Wildman–Crippen MR) is 110 cm³/mol. The van der Waals surface area contributed by atoms with E-state index in [1.807, 2.05) is 42.5 Å². The molecule has 3 aromatic rings. The van der Waals surface area contributed by atoms with Crippen molar-refractivity contribution in [3.8, 4) is 0 Å². The highest BCUT2D eigenvalue weighted by Gasteiger charge is 2.28. The van der Waals surface area contributed by atoms with Crippen LogP contribution in [0, 0.1) is 0 Å². The summed E-state index contributed by atoms with van der Waals surface area (Å²) in [6.45, 7) is 0.0882. The third kappa shape index (κ3) is 4.07. The number of carboxylic acids is 1. The van der Waals surface area contributed by atoms with Gasteiger partial charge in [-0.05, 0) is 36.5 Å². The smallest absolute Gasteiger partial charge is 0.407 e. The minimum absolute atomic E-state index is 0.0753. The summed E-state index contributed by atoms with van der Waals surface area (Å²) in [6.07, 6.45) is 1.53. The van der Waals surface area contributed by atoms with E-state index in [4.69, 9.17) is 16.3 Å². The Labute approximate surface area is 173 Å².